The second kappa shape index (κ2) is 6.66. The quantitative estimate of drug-likeness (QED) is 0.716. The third-order valence-electron chi connectivity index (χ3n) is 4.90. The van der Waals surface area contributed by atoms with E-state index in [0.717, 1.165) is 42.8 Å². The summed E-state index contributed by atoms with van der Waals surface area (Å²) in [5.74, 6) is 1.17. The number of carbonyl (C=O) groups excluding carboxylic acids is 1. The molecular weight excluding hydrogens is 316 g/mol. The molecule has 7 nitrogen and oxygen atoms in total. The zero-order valence-corrected chi connectivity index (χ0v) is 14.4. The predicted octanol–water partition coefficient (Wildman–Crippen LogP) is 2.40. The van der Waals surface area contributed by atoms with Crippen LogP contribution < -0.4 is 0 Å². The lowest BCUT2D eigenvalue weighted by Gasteiger charge is -2.25. The lowest BCUT2D eigenvalue weighted by Crippen LogP contribution is -2.32. The van der Waals surface area contributed by atoms with Crippen LogP contribution in [0.1, 0.15) is 38.1 Å². The Morgan fingerprint density at radius 3 is 3.00 bits per heavy atom. The number of benzene rings is 1. The van der Waals surface area contributed by atoms with Gasteiger partial charge in [-0.1, -0.05) is 17.3 Å². The Balaban J connectivity index is 1.58. The summed E-state index contributed by atoms with van der Waals surface area (Å²) in [5, 5.41) is 7.71. The molecule has 2 aromatic heterocycles. The van der Waals surface area contributed by atoms with E-state index in [-0.39, 0.29) is 11.9 Å². The molecule has 1 fully saturated rings. The number of carbonyl (C=O) groups is 1. The average Bonchev–Trinajstić information content (AvgIpc) is 3.37. The average molecular weight is 338 g/mol. The van der Waals surface area contributed by atoms with Gasteiger partial charge >= 0.3 is 0 Å². The predicted molar refractivity (Wildman–Crippen MR) is 93.7 cm³/mol. The van der Waals surface area contributed by atoms with Crippen molar-refractivity contribution >= 4 is 16.9 Å². The van der Waals surface area contributed by atoms with Crippen molar-refractivity contribution in [2.75, 3.05) is 6.54 Å². The number of fused-ring (bicyclic) bond motifs is 1. The van der Waals surface area contributed by atoms with Crippen molar-refractivity contribution in [3.8, 4) is 0 Å². The van der Waals surface area contributed by atoms with E-state index in [1.807, 2.05) is 23.1 Å². The molecule has 0 bridgehead atoms. The second-order valence-corrected chi connectivity index (χ2v) is 6.36. The summed E-state index contributed by atoms with van der Waals surface area (Å²) in [7, 11) is 0. The molecule has 0 spiro atoms. The third-order valence-corrected chi connectivity index (χ3v) is 4.90. The molecule has 1 amide bonds. The minimum atomic E-state index is 0.0654. The van der Waals surface area contributed by atoms with Crippen LogP contribution >= 0.6 is 0 Å². The fourth-order valence-electron chi connectivity index (χ4n) is 3.72. The maximum absolute atomic E-state index is 12.8. The van der Waals surface area contributed by atoms with Gasteiger partial charge in [-0.25, -0.2) is 4.98 Å². The molecule has 0 aliphatic carbocycles. The molecule has 7 heteroatoms. The topological polar surface area (TPSA) is 68.8 Å². The maximum atomic E-state index is 12.8. The molecule has 130 valence electrons. The Morgan fingerprint density at radius 2 is 2.20 bits per heavy atom. The summed E-state index contributed by atoms with van der Waals surface area (Å²) >= 11 is 0. The second-order valence-electron chi connectivity index (χ2n) is 6.36. The van der Waals surface area contributed by atoms with Gasteiger partial charge in [0, 0.05) is 25.7 Å². The molecule has 3 aromatic rings. The van der Waals surface area contributed by atoms with E-state index < -0.39 is 0 Å². The number of aromatic nitrogens is 5. The standard InChI is InChI=1S/C18H22N6O/c1-2-23-15-7-4-3-6-14(15)20-18(23)16-8-5-11-24(16)17(25)9-12-22-13-10-19-21-22/h3-4,6-7,10,13,16H,2,5,8-9,11-12H2,1H3. The number of aryl methyl sites for hydroxylation is 2. The van der Waals surface area contributed by atoms with Crippen molar-refractivity contribution in [2.24, 2.45) is 0 Å². The molecule has 1 atom stereocenters. The lowest BCUT2D eigenvalue weighted by atomic mass is 10.2. The van der Waals surface area contributed by atoms with Gasteiger partial charge in [0.15, 0.2) is 0 Å². The van der Waals surface area contributed by atoms with E-state index in [2.05, 4.69) is 27.9 Å². The van der Waals surface area contributed by atoms with Crippen LogP contribution in [0, 0.1) is 0 Å². The highest BCUT2D eigenvalue weighted by atomic mass is 16.2. The fourth-order valence-corrected chi connectivity index (χ4v) is 3.72. The van der Waals surface area contributed by atoms with E-state index in [0.29, 0.717) is 13.0 Å². The highest BCUT2D eigenvalue weighted by Gasteiger charge is 2.33. The Labute approximate surface area is 146 Å². The van der Waals surface area contributed by atoms with E-state index >= 15 is 0 Å². The maximum Gasteiger partial charge on any atom is 0.225 e. The van der Waals surface area contributed by atoms with E-state index in [4.69, 9.17) is 4.98 Å². The summed E-state index contributed by atoms with van der Waals surface area (Å²) in [5.41, 5.74) is 2.14. The smallest absolute Gasteiger partial charge is 0.225 e. The number of imidazole rings is 1. The summed E-state index contributed by atoms with van der Waals surface area (Å²) < 4.78 is 3.94. The molecule has 3 heterocycles. The first kappa shape index (κ1) is 15.8. The van der Waals surface area contributed by atoms with Gasteiger partial charge in [-0.2, -0.15) is 0 Å². The zero-order chi connectivity index (χ0) is 17.2. The molecular formula is C18H22N6O. The highest BCUT2D eigenvalue weighted by Crippen LogP contribution is 2.33. The van der Waals surface area contributed by atoms with E-state index in [1.54, 1.807) is 17.1 Å². The minimum absolute atomic E-state index is 0.0654. The van der Waals surface area contributed by atoms with Gasteiger partial charge in [-0.3, -0.25) is 9.48 Å². The normalized spacial score (nSPS) is 17.5. The van der Waals surface area contributed by atoms with Gasteiger partial charge in [0.2, 0.25) is 5.91 Å². The fraction of sp³-hybridized carbons (Fsp3) is 0.444. The number of nitrogens with zero attached hydrogens (tertiary/aromatic N) is 6. The van der Waals surface area contributed by atoms with Crippen LogP contribution in [0.15, 0.2) is 36.7 Å². The first-order valence-corrected chi connectivity index (χ1v) is 8.86. The van der Waals surface area contributed by atoms with Gasteiger partial charge in [-0.05, 0) is 31.9 Å². The van der Waals surface area contributed by atoms with Gasteiger partial charge in [0.1, 0.15) is 5.82 Å². The largest absolute Gasteiger partial charge is 0.332 e. The van der Waals surface area contributed by atoms with Crippen LogP contribution in [0.25, 0.3) is 11.0 Å². The first-order chi connectivity index (χ1) is 12.3. The molecule has 1 aliphatic heterocycles. The minimum Gasteiger partial charge on any atom is -0.332 e. The Hall–Kier alpha value is -2.70. The van der Waals surface area contributed by atoms with Crippen LogP contribution in [0.3, 0.4) is 0 Å². The number of hydrogen-bond acceptors (Lipinski definition) is 4. The monoisotopic (exact) mass is 338 g/mol. The molecule has 1 saturated heterocycles. The molecule has 1 aromatic carbocycles. The molecule has 0 saturated carbocycles. The van der Waals surface area contributed by atoms with Crippen molar-refractivity contribution < 1.29 is 4.79 Å². The van der Waals surface area contributed by atoms with Crippen LogP contribution in [-0.4, -0.2) is 41.9 Å². The zero-order valence-electron chi connectivity index (χ0n) is 14.4. The lowest BCUT2D eigenvalue weighted by molar-refractivity contribution is -0.132. The molecule has 1 aliphatic rings. The molecule has 4 rings (SSSR count). The third kappa shape index (κ3) is 2.90. The number of rotatable bonds is 5. The van der Waals surface area contributed by atoms with Crippen molar-refractivity contribution in [1.82, 2.24) is 29.4 Å². The number of amides is 1. The van der Waals surface area contributed by atoms with Crippen molar-refractivity contribution in [3.05, 3.63) is 42.5 Å². The molecule has 1 unspecified atom stereocenters. The van der Waals surface area contributed by atoms with Gasteiger partial charge in [0.25, 0.3) is 0 Å². The summed E-state index contributed by atoms with van der Waals surface area (Å²) in [6.07, 6.45) is 5.84. The van der Waals surface area contributed by atoms with Gasteiger partial charge < -0.3 is 9.47 Å². The molecule has 0 radical (unpaired) electrons. The van der Waals surface area contributed by atoms with Gasteiger partial charge in [-0.15, -0.1) is 5.10 Å². The summed E-state index contributed by atoms with van der Waals surface area (Å²) in [4.78, 5) is 19.6. The summed E-state index contributed by atoms with van der Waals surface area (Å²) in [6.45, 7) is 4.34. The molecule has 25 heavy (non-hydrogen) atoms. The number of para-hydroxylation sites is 2. The first-order valence-electron chi connectivity index (χ1n) is 8.86. The van der Waals surface area contributed by atoms with Crippen molar-refractivity contribution in [1.29, 1.82) is 0 Å². The molecule has 0 N–H and O–H groups in total. The SMILES string of the molecule is CCn1c(C2CCCN2C(=O)CCn2ccnn2)nc2ccccc21. The number of hydrogen-bond donors (Lipinski definition) is 0. The van der Waals surface area contributed by atoms with Crippen LogP contribution in [0.2, 0.25) is 0 Å². The van der Waals surface area contributed by atoms with E-state index in [1.165, 1.54) is 0 Å². The Bertz CT molecular complexity index is 869. The van der Waals surface area contributed by atoms with Crippen LogP contribution in [0.4, 0.5) is 0 Å². The van der Waals surface area contributed by atoms with Crippen LogP contribution in [0.5, 0.6) is 0 Å². The van der Waals surface area contributed by atoms with E-state index in [9.17, 15) is 4.79 Å². The Morgan fingerprint density at radius 1 is 1.32 bits per heavy atom. The summed E-state index contributed by atoms with van der Waals surface area (Å²) in [6, 6.07) is 8.25. The van der Waals surface area contributed by atoms with Crippen molar-refractivity contribution in [3.63, 3.8) is 0 Å². The number of likely N-dealkylation sites (tertiary alicyclic amines) is 1. The van der Waals surface area contributed by atoms with Gasteiger partial charge in [0.05, 0.1) is 29.8 Å². The van der Waals surface area contributed by atoms with Crippen molar-refractivity contribution in [2.45, 2.75) is 45.3 Å². The van der Waals surface area contributed by atoms with Crippen LogP contribution in [-0.2, 0) is 17.9 Å². The highest BCUT2D eigenvalue weighted by molar-refractivity contribution is 5.78. The Kier molecular flexibility index (Phi) is 4.21.